The molecule has 0 atom stereocenters. The van der Waals surface area contributed by atoms with Gasteiger partial charge in [0.1, 0.15) is 0 Å². The Labute approximate surface area is 85.0 Å². The van der Waals surface area contributed by atoms with E-state index in [1.54, 1.807) is 0 Å². The normalized spacial score (nSPS) is 26.8. The number of benzene rings is 1. The summed E-state index contributed by atoms with van der Waals surface area (Å²) in [5, 5.41) is 0.457. The predicted octanol–water partition coefficient (Wildman–Crippen LogP) is -0.0127. The second kappa shape index (κ2) is 2.67. The molecular weight excluding hydrogens is 249 g/mol. The van der Waals surface area contributed by atoms with Gasteiger partial charge in [-0.1, -0.05) is 0 Å². The van der Waals surface area contributed by atoms with Crippen molar-refractivity contribution in [2.24, 2.45) is 0 Å². The Balaban J connectivity index is 2.16. The van der Waals surface area contributed by atoms with Crippen LogP contribution in [0.15, 0.2) is 29.2 Å². The monoisotopic (exact) mass is 261 g/mol. The van der Waals surface area contributed by atoms with E-state index in [1.165, 1.54) is 4.46 Å². The maximum absolute atomic E-state index is 12.5. The molecule has 1 heterocycles. The maximum atomic E-state index is 12.5. The topological polar surface area (TPSA) is 29.1 Å². The molecule has 0 aromatic heterocycles. The van der Waals surface area contributed by atoms with Crippen LogP contribution >= 0.6 is 0 Å². The number of thiol groups is 1. The molecule has 1 aliphatic heterocycles. The number of rotatable bonds is 1. The molecular formula is C9H11NOSSe. The van der Waals surface area contributed by atoms with Gasteiger partial charge in [-0.3, -0.25) is 0 Å². The van der Waals surface area contributed by atoms with Crippen molar-refractivity contribution in [2.75, 3.05) is 0 Å². The van der Waals surface area contributed by atoms with Crippen molar-refractivity contribution in [1.29, 1.82) is 0 Å². The standard InChI is InChI=1S/C9H11NOSSe/c11-12(7-5-6-7)8-3-1-2-4-9(8)13-10-12/h1-4,7,12H,5-6H2,(H,10,11). The zero-order valence-electron chi connectivity index (χ0n) is 7.06. The summed E-state index contributed by atoms with van der Waals surface area (Å²) in [4.78, 5) is 1.12. The van der Waals surface area contributed by atoms with Crippen LogP contribution in [0.2, 0.25) is 0 Å². The van der Waals surface area contributed by atoms with E-state index >= 15 is 0 Å². The Morgan fingerprint density at radius 1 is 1.38 bits per heavy atom. The molecule has 1 aliphatic carbocycles. The van der Waals surface area contributed by atoms with Gasteiger partial charge in [0.15, 0.2) is 0 Å². The van der Waals surface area contributed by atoms with E-state index in [0.717, 1.165) is 17.7 Å². The number of hydrogen-bond acceptors (Lipinski definition) is 1. The van der Waals surface area contributed by atoms with Crippen LogP contribution in [0.5, 0.6) is 0 Å². The Kier molecular flexibility index (Phi) is 1.68. The van der Waals surface area contributed by atoms with Gasteiger partial charge in [0, 0.05) is 0 Å². The average Bonchev–Trinajstić information content (AvgIpc) is 2.95. The van der Waals surface area contributed by atoms with Crippen molar-refractivity contribution in [1.82, 2.24) is 3.74 Å². The first-order chi connectivity index (χ1) is 6.31. The van der Waals surface area contributed by atoms with Gasteiger partial charge in [0.05, 0.1) is 0 Å². The molecule has 70 valence electrons. The molecule has 0 amide bonds. The molecule has 2 nitrogen and oxygen atoms in total. The third kappa shape index (κ3) is 1.13. The third-order valence-corrected chi connectivity index (χ3v) is 9.42. The van der Waals surface area contributed by atoms with E-state index in [-0.39, 0.29) is 15.2 Å². The molecule has 0 bridgehead atoms. The quantitative estimate of drug-likeness (QED) is 0.539. The van der Waals surface area contributed by atoms with E-state index in [9.17, 15) is 4.21 Å². The first-order valence-corrected chi connectivity index (χ1v) is 7.93. The fraction of sp³-hybridized carbons (Fsp3) is 0.333. The van der Waals surface area contributed by atoms with Gasteiger partial charge in [-0.15, -0.1) is 0 Å². The van der Waals surface area contributed by atoms with Crippen molar-refractivity contribution in [3.63, 3.8) is 0 Å². The van der Waals surface area contributed by atoms with Gasteiger partial charge in [-0.25, -0.2) is 0 Å². The molecule has 0 spiro atoms. The van der Waals surface area contributed by atoms with E-state index in [1.807, 2.05) is 18.2 Å². The van der Waals surface area contributed by atoms with Crippen LogP contribution in [0, 0.1) is 0 Å². The van der Waals surface area contributed by atoms with Gasteiger partial charge in [0.2, 0.25) is 0 Å². The number of nitrogens with one attached hydrogen (secondary N) is 1. The van der Waals surface area contributed by atoms with Gasteiger partial charge in [-0.2, -0.15) is 0 Å². The zero-order valence-corrected chi connectivity index (χ0v) is 9.67. The molecule has 1 aromatic rings. The molecule has 2 aliphatic rings. The molecule has 4 heteroatoms. The molecule has 1 fully saturated rings. The van der Waals surface area contributed by atoms with Gasteiger partial charge in [0.25, 0.3) is 0 Å². The summed E-state index contributed by atoms with van der Waals surface area (Å²) >= 11 is 0.245. The Hall–Kier alpha value is -0.151. The summed E-state index contributed by atoms with van der Waals surface area (Å²) in [5.74, 6) is 0. The minimum atomic E-state index is -2.14. The molecule has 13 heavy (non-hydrogen) atoms. The minimum absolute atomic E-state index is 0.245. The fourth-order valence-electron chi connectivity index (χ4n) is 1.69. The van der Waals surface area contributed by atoms with Crippen LogP contribution in [0.4, 0.5) is 0 Å². The fourth-order valence-corrected chi connectivity index (χ4v) is 8.94. The van der Waals surface area contributed by atoms with Gasteiger partial charge >= 0.3 is 85.0 Å². The van der Waals surface area contributed by atoms with Crippen molar-refractivity contribution >= 4 is 29.8 Å². The first kappa shape index (κ1) is 8.18. The second-order valence-corrected chi connectivity index (χ2v) is 8.76. The summed E-state index contributed by atoms with van der Waals surface area (Å²) in [6, 6.07) is 8.17. The molecule has 3 rings (SSSR count). The first-order valence-electron chi connectivity index (χ1n) is 4.44. The van der Waals surface area contributed by atoms with Gasteiger partial charge < -0.3 is 0 Å². The Morgan fingerprint density at radius 3 is 2.92 bits per heavy atom. The molecule has 1 N–H and O–H groups in total. The van der Waals surface area contributed by atoms with Crippen molar-refractivity contribution in [2.45, 2.75) is 23.0 Å². The van der Waals surface area contributed by atoms with Crippen molar-refractivity contribution in [3.8, 4) is 0 Å². The SMILES string of the molecule is O=[SH]1(C2CC2)N[Se]c2ccccc21. The van der Waals surface area contributed by atoms with Gasteiger partial charge in [-0.05, 0) is 0 Å². The van der Waals surface area contributed by atoms with E-state index in [0.29, 0.717) is 5.25 Å². The molecule has 0 radical (unpaired) electrons. The van der Waals surface area contributed by atoms with Crippen LogP contribution in [0.25, 0.3) is 0 Å². The summed E-state index contributed by atoms with van der Waals surface area (Å²) in [5.41, 5.74) is 0. The van der Waals surface area contributed by atoms with Crippen LogP contribution in [-0.4, -0.2) is 24.6 Å². The Morgan fingerprint density at radius 2 is 2.15 bits per heavy atom. The second-order valence-electron chi connectivity index (χ2n) is 3.55. The summed E-state index contributed by atoms with van der Waals surface area (Å²) < 4.78 is 17.1. The summed E-state index contributed by atoms with van der Waals surface area (Å²) in [6.07, 6.45) is 2.30. The van der Waals surface area contributed by atoms with E-state index in [4.69, 9.17) is 0 Å². The van der Waals surface area contributed by atoms with Crippen LogP contribution in [0.3, 0.4) is 0 Å². The Bertz CT molecular complexity index is 402. The van der Waals surface area contributed by atoms with Crippen molar-refractivity contribution < 1.29 is 4.21 Å². The van der Waals surface area contributed by atoms with Crippen LogP contribution in [0.1, 0.15) is 12.8 Å². The summed E-state index contributed by atoms with van der Waals surface area (Å²) in [7, 11) is -2.14. The van der Waals surface area contributed by atoms with Crippen LogP contribution < -0.4 is 8.20 Å². The molecule has 0 unspecified atom stereocenters. The molecule has 1 saturated carbocycles. The third-order valence-electron chi connectivity index (χ3n) is 2.58. The predicted molar refractivity (Wildman–Crippen MR) is 55.8 cm³/mol. The summed E-state index contributed by atoms with van der Waals surface area (Å²) in [6.45, 7) is 0. The number of hydrogen-bond donors (Lipinski definition) is 2. The zero-order chi connectivity index (χ0) is 8.89. The van der Waals surface area contributed by atoms with Crippen molar-refractivity contribution in [3.05, 3.63) is 24.3 Å². The van der Waals surface area contributed by atoms with E-state index in [2.05, 4.69) is 9.80 Å². The number of fused-ring (bicyclic) bond motifs is 1. The van der Waals surface area contributed by atoms with E-state index < -0.39 is 10.1 Å². The molecule has 0 saturated heterocycles. The molecule has 1 aromatic carbocycles. The van der Waals surface area contributed by atoms with Crippen LogP contribution in [-0.2, 0) is 10.1 Å². The average molecular weight is 260 g/mol.